The number of aryl methyl sites for hydroxylation is 1. The first-order valence-electron chi connectivity index (χ1n) is 5.28. The Labute approximate surface area is 99.6 Å². The van der Waals surface area contributed by atoms with Gasteiger partial charge in [-0.25, -0.2) is 0 Å². The molecule has 0 amide bonds. The van der Waals surface area contributed by atoms with Crippen molar-refractivity contribution >= 4 is 15.9 Å². The molecule has 1 aromatic rings. The summed E-state index contributed by atoms with van der Waals surface area (Å²) in [5.41, 5.74) is 1.09. The van der Waals surface area contributed by atoms with Gasteiger partial charge in [-0.15, -0.1) is 0 Å². The van der Waals surface area contributed by atoms with Crippen LogP contribution in [0.25, 0.3) is 0 Å². The van der Waals surface area contributed by atoms with Gasteiger partial charge < -0.3 is 5.11 Å². The third-order valence-electron chi connectivity index (χ3n) is 2.54. The molecular weight excluding hydrogens is 256 g/mol. The van der Waals surface area contributed by atoms with Crippen molar-refractivity contribution in [3.8, 4) is 0 Å². The Morgan fingerprint density at radius 1 is 1.60 bits per heavy atom. The van der Waals surface area contributed by atoms with Crippen molar-refractivity contribution in [2.75, 3.05) is 0 Å². The number of aliphatic hydroxyl groups is 1. The molecule has 0 spiro atoms. The molecule has 1 N–H and O–H groups in total. The summed E-state index contributed by atoms with van der Waals surface area (Å²) in [6.07, 6.45) is 2.26. The number of nitrogens with zero attached hydrogens (tertiary/aromatic N) is 2. The zero-order chi connectivity index (χ0) is 11.6. The van der Waals surface area contributed by atoms with Crippen molar-refractivity contribution in [3.05, 3.63) is 16.4 Å². The van der Waals surface area contributed by atoms with Crippen molar-refractivity contribution in [3.63, 3.8) is 0 Å². The third kappa shape index (κ3) is 2.82. The maximum Gasteiger partial charge on any atom is 0.0635 e. The van der Waals surface area contributed by atoms with Crippen molar-refractivity contribution in [1.29, 1.82) is 0 Å². The lowest BCUT2D eigenvalue weighted by molar-refractivity contribution is 0.154. The molecule has 1 rings (SSSR count). The topological polar surface area (TPSA) is 38.0 Å². The zero-order valence-electron chi connectivity index (χ0n) is 9.79. The van der Waals surface area contributed by atoms with Crippen LogP contribution >= 0.6 is 15.9 Å². The van der Waals surface area contributed by atoms with Gasteiger partial charge >= 0.3 is 0 Å². The predicted molar refractivity (Wildman–Crippen MR) is 64.9 cm³/mol. The Balaban J connectivity index is 3.07. The van der Waals surface area contributed by atoms with Crippen molar-refractivity contribution in [2.24, 2.45) is 0 Å². The molecule has 1 heterocycles. The van der Waals surface area contributed by atoms with Crippen LogP contribution in [-0.2, 0) is 12.0 Å². The van der Waals surface area contributed by atoms with E-state index in [4.69, 9.17) is 0 Å². The Morgan fingerprint density at radius 3 is 2.67 bits per heavy atom. The summed E-state index contributed by atoms with van der Waals surface area (Å²) in [5, 5.41) is 13.8. The number of rotatable bonds is 4. The van der Waals surface area contributed by atoms with E-state index in [9.17, 15) is 5.11 Å². The number of halogens is 1. The van der Waals surface area contributed by atoms with Crippen molar-refractivity contribution < 1.29 is 5.11 Å². The van der Waals surface area contributed by atoms with Crippen LogP contribution in [0.1, 0.15) is 39.8 Å². The minimum absolute atomic E-state index is 0.0699. The maximum absolute atomic E-state index is 9.50. The van der Waals surface area contributed by atoms with Crippen molar-refractivity contribution in [1.82, 2.24) is 9.78 Å². The molecule has 3 nitrogen and oxygen atoms in total. The van der Waals surface area contributed by atoms with E-state index in [0.717, 1.165) is 23.1 Å². The van der Waals surface area contributed by atoms with Gasteiger partial charge in [0.15, 0.2) is 0 Å². The Morgan fingerprint density at radius 2 is 2.20 bits per heavy atom. The molecule has 1 aromatic heterocycles. The van der Waals surface area contributed by atoms with E-state index in [2.05, 4.69) is 41.8 Å². The highest BCUT2D eigenvalue weighted by Crippen LogP contribution is 2.33. The second-order valence-corrected chi connectivity index (χ2v) is 5.45. The SMILES string of the molecule is CCn1ncc(Br)c1C(C)(C)CC(C)O. The summed E-state index contributed by atoms with van der Waals surface area (Å²) < 4.78 is 3.00. The number of hydrogen-bond donors (Lipinski definition) is 1. The molecule has 0 aliphatic heterocycles. The summed E-state index contributed by atoms with van der Waals surface area (Å²) >= 11 is 3.52. The minimum Gasteiger partial charge on any atom is -0.393 e. The van der Waals surface area contributed by atoms with E-state index in [1.807, 2.05) is 17.8 Å². The van der Waals surface area contributed by atoms with Crippen LogP contribution in [0.3, 0.4) is 0 Å². The molecular formula is C11H19BrN2O. The summed E-state index contributed by atoms with van der Waals surface area (Å²) in [6, 6.07) is 0. The van der Waals surface area contributed by atoms with E-state index in [0.29, 0.717) is 0 Å². The summed E-state index contributed by atoms with van der Waals surface area (Å²) in [4.78, 5) is 0. The smallest absolute Gasteiger partial charge is 0.0635 e. The standard InChI is InChI=1S/C11H19BrN2O/c1-5-14-10(9(12)7-13-14)11(3,4)6-8(2)15/h7-8,15H,5-6H2,1-4H3. The van der Waals surface area contributed by atoms with Gasteiger partial charge in [-0.05, 0) is 36.2 Å². The average molecular weight is 275 g/mol. The molecule has 1 unspecified atom stereocenters. The highest BCUT2D eigenvalue weighted by Gasteiger charge is 2.28. The number of hydrogen-bond acceptors (Lipinski definition) is 2. The van der Waals surface area contributed by atoms with E-state index in [-0.39, 0.29) is 11.5 Å². The maximum atomic E-state index is 9.50. The van der Waals surface area contributed by atoms with Crippen LogP contribution in [0, 0.1) is 0 Å². The minimum atomic E-state index is -0.299. The molecule has 86 valence electrons. The highest BCUT2D eigenvalue weighted by molar-refractivity contribution is 9.10. The normalized spacial score (nSPS) is 14.3. The molecule has 0 aliphatic carbocycles. The third-order valence-corrected chi connectivity index (χ3v) is 3.12. The lowest BCUT2D eigenvalue weighted by atomic mass is 9.83. The van der Waals surface area contributed by atoms with Crippen LogP contribution < -0.4 is 0 Å². The first-order chi connectivity index (χ1) is 6.88. The summed E-state index contributed by atoms with van der Waals surface area (Å²) in [7, 11) is 0. The first kappa shape index (κ1) is 12.7. The Hall–Kier alpha value is -0.350. The van der Waals surface area contributed by atoms with Gasteiger partial charge in [0.1, 0.15) is 0 Å². The van der Waals surface area contributed by atoms with Crippen LogP contribution in [0.5, 0.6) is 0 Å². The molecule has 0 fully saturated rings. The van der Waals surface area contributed by atoms with Crippen LogP contribution in [0.2, 0.25) is 0 Å². The highest BCUT2D eigenvalue weighted by atomic mass is 79.9. The second-order valence-electron chi connectivity index (χ2n) is 4.59. The van der Waals surface area contributed by atoms with Gasteiger partial charge in [-0.2, -0.15) is 5.10 Å². The molecule has 15 heavy (non-hydrogen) atoms. The largest absolute Gasteiger partial charge is 0.393 e. The molecule has 0 saturated carbocycles. The molecule has 1 atom stereocenters. The van der Waals surface area contributed by atoms with Gasteiger partial charge in [-0.3, -0.25) is 4.68 Å². The molecule has 0 bridgehead atoms. The molecule has 0 radical (unpaired) electrons. The van der Waals surface area contributed by atoms with Gasteiger partial charge in [0, 0.05) is 12.0 Å². The Kier molecular flexibility index (Phi) is 3.95. The fourth-order valence-corrected chi connectivity index (χ4v) is 2.94. The van der Waals surface area contributed by atoms with Crippen molar-refractivity contribution in [2.45, 2.75) is 52.2 Å². The summed E-state index contributed by atoms with van der Waals surface area (Å²) in [6.45, 7) is 9.01. The lowest BCUT2D eigenvalue weighted by Gasteiger charge is -2.27. The second kappa shape index (κ2) is 4.66. The molecule has 0 aliphatic rings. The van der Waals surface area contributed by atoms with Crippen LogP contribution in [0.15, 0.2) is 10.7 Å². The monoisotopic (exact) mass is 274 g/mol. The average Bonchev–Trinajstić information content (AvgIpc) is 2.44. The molecule has 0 aromatic carbocycles. The number of aromatic nitrogens is 2. The Bertz CT molecular complexity index is 331. The van der Waals surface area contributed by atoms with Crippen LogP contribution in [-0.4, -0.2) is 21.0 Å². The number of aliphatic hydroxyl groups excluding tert-OH is 1. The van der Waals surface area contributed by atoms with E-state index in [1.54, 1.807) is 0 Å². The van der Waals surface area contributed by atoms with Gasteiger partial charge in [-0.1, -0.05) is 13.8 Å². The lowest BCUT2D eigenvalue weighted by Crippen LogP contribution is -2.27. The molecule has 0 saturated heterocycles. The van der Waals surface area contributed by atoms with E-state index >= 15 is 0 Å². The van der Waals surface area contributed by atoms with Crippen LogP contribution in [0.4, 0.5) is 0 Å². The van der Waals surface area contributed by atoms with E-state index < -0.39 is 0 Å². The fraction of sp³-hybridized carbons (Fsp3) is 0.727. The van der Waals surface area contributed by atoms with Gasteiger partial charge in [0.25, 0.3) is 0 Å². The zero-order valence-corrected chi connectivity index (χ0v) is 11.4. The quantitative estimate of drug-likeness (QED) is 0.917. The summed E-state index contributed by atoms with van der Waals surface area (Å²) in [5.74, 6) is 0. The van der Waals surface area contributed by atoms with E-state index in [1.165, 1.54) is 0 Å². The fourth-order valence-electron chi connectivity index (χ4n) is 2.11. The van der Waals surface area contributed by atoms with Gasteiger partial charge in [0.05, 0.1) is 22.5 Å². The van der Waals surface area contributed by atoms with Gasteiger partial charge in [0.2, 0.25) is 0 Å². The predicted octanol–water partition coefficient (Wildman–Crippen LogP) is 2.71. The first-order valence-corrected chi connectivity index (χ1v) is 6.07. The molecule has 4 heteroatoms.